The van der Waals surface area contributed by atoms with Crippen LogP contribution in [0, 0.1) is 0 Å². The van der Waals surface area contributed by atoms with Crippen molar-refractivity contribution in [2.24, 2.45) is 0 Å². The van der Waals surface area contributed by atoms with E-state index in [-0.39, 0.29) is 18.1 Å². The number of hydrogen-bond donors (Lipinski definition) is 0. The van der Waals surface area contributed by atoms with Crippen LogP contribution in [0.15, 0.2) is 34.2 Å². The molecule has 0 aliphatic carbocycles. The first-order valence-electron chi connectivity index (χ1n) is 7.49. The first-order valence-corrected chi connectivity index (χ1v) is 8.37. The zero-order valence-corrected chi connectivity index (χ0v) is 15.2. The largest absolute Gasteiger partial charge is 0.496 e. The molecule has 0 N–H and O–H groups in total. The van der Waals surface area contributed by atoms with Crippen molar-refractivity contribution in [3.63, 3.8) is 0 Å². The Hall–Kier alpha value is -3.07. The van der Waals surface area contributed by atoms with Crippen LogP contribution in [0.4, 0.5) is 0 Å². The Kier molecular flexibility index (Phi) is 5.37. The minimum Gasteiger partial charge on any atom is -0.496 e. The predicted molar refractivity (Wildman–Crippen MR) is 92.8 cm³/mol. The van der Waals surface area contributed by atoms with Gasteiger partial charge in [0, 0.05) is 12.1 Å². The number of aromatic nitrogens is 2. The maximum Gasteiger partial charge on any atom is 0.342 e. The third kappa shape index (κ3) is 3.62. The highest BCUT2D eigenvalue weighted by Crippen LogP contribution is 2.35. The average molecular weight is 376 g/mol. The van der Waals surface area contributed by atoms with E-state index in [9.17, 15) is 4.79 Å². The SMILES string of the molecule is COc1cc(OC)c(C(=O)OCc2nc(-c3cccs3)no2)cc1OC. The summed E-state index contributed by atoms with van der Waals surface area (Å²) < 4.78 is 26.0. The Morgan fingerprint density at radius 3 is 2.50 bits per heavy atom. The Morgan fingerprint density at radius 1 is 1.12 bits per heavy atom. The molecule has 2 aromatic heterocycles. The van der Waals surface area contributed by atoms with Crippen LogP contribution in [-0.4, -0.2) is 37.4 Å². The van der Waals surface area contributed by atoms with E-state index in [1.165, 1.54) is 38.7 Å². The molecular weight excluding hydrogens is 360 g/mol. The Bertz CT molecular complexity index is 891. The Morgan fingerprint density at radius 2 is 1.85 bits per heavy atom. The number of nitrogens with zero attached hydrogens (tertiary/aromatic N) is 2. The van der Waals surface area contributed by atoms with Gasteiger partial charge in [0.15, 0.2) is 18.1 Å². The van der Waals surface area contributed by atoms with E-state index >= 15 is 0 Å². The Balaban J connectivity index is 1.74. The second-order valence-electron chi connectivity index (χ2n) is 4.97. The van der Waals surface area contributed by atoms with Crippen LogP contribution in [0.3, 0.4) is 0 Å². The van der Waals surface area contributed by atoms with Crippen molar-refractivity contribution >= 4 is 17.3 Å². The molecule has 0 bridgehead atoms. The molecule has 136 valence electrons. The lowest BCUT2D eigenvalue weighted by atomic mass is 10.1. The van der Waals surface area contributed by atoms with E-state index in [1.807, 2.05) is 17.5 Å². The third-order valence-corrected chi connectivity index (χ3v) is 4.33. The molecule has 0 aliphatic rings. The molecule has 0 unspecified atom stereocenters. The number of benzene rings is 1. The molecule has 0 radical (unpaired) electrons. The van der Waals surface area contributed by atoms with Crippen LogP contribution in [0.5, 0.6) is 17.2 Å². The maximum atomic E-state index is 12.4. The van der Waals surface area contributed by atoms with Crippen molar-refractivity contribution in [2.75, 3.05) is 21.3 Å². The molecule has 0 amide bonds. The summed E-state index contributed by atoms with van der Waals surface area (Å²) in [6.07, 6.45) is 0. The van der Waals surface area contributed by atoms with Crippen molar-refractivity contribution in [1.82, 2.24) is 10.1 Å². The lowest BCUT2D eigenvalue weighted by Gasteiger charge is -2.13. The summed E-state index contributed by atoms with van der Waals surface area (Å²) in [4.78, 5) is 17.5. The number of carbonyl (C=O) groups is 1. The van der Waals surface area contributed by atoms with Crippen LogP contribution < -0.4 is 14.2 Å². The van der Waals surface area contributed by atoms with E-state index in [2.05, 4.69) is 10.1 Å². The van der Waals surface area contributed by atoms with Crippen molar-refractivity contribution in [3.8, 4) is 28.0 Å². The van der Waals surface area contributed by atoms with Gasteiger partial charge in [0.2, 0.25) is 5.82 Å². The summed E-state index contributed by atoms with van der Waals surface area (Å²) in [5, 5.41) is 5.78. The van der Waals surface area contributed by atoms with Crippen LogP contribution in [0.1, 0.15) is 16.2 Å². The number of ether oxygens (including phenoxy) is 4. The summed E-state index contributed by atoms with van der Waals surface area (Å²) in [7, 11) is 4.42. The molecule has 3 rings (SSSR count). The minimum absolute atomic E-state index is 0.158. The molecule has 26 heavy (non-hydrogen) atoms. The van der Waals surface area contributed by atoms with Gasteiger partial charge in [0.1, 0.15) is 11.3 Å². The predicted octanol–water partition coefficient (Wildman–Crippen LogP) is 3.18. The molecule has 8 nitrogen and oxygen atoms in total. The molecule has 0 saturated heterocycles. The standard InChI is InChI=1S/C17H16N2O6S/c1-21-11-8-13(23-3)12(22-2)7-10(11)17(20)24-9-15-18-16(19-25-15)14-5-4-6-26-14/h4-8H,9H2,1-3H3. The van der Waals surface area contributed by atoms with E-state index < -0.39 is 5.97 Å². The normalized spacial score (nSPS) is 10.4. The van der Waals surface area contributed by atoms with Crippen LogP contribution >= 0.6 is 11.3 Å². The molecule has 1 aromatic carbocycles. The summed E-state index contributed by atoms with van der Waals surface area (Å²) in [5.41, 5.74) is 0.197. The van der Waals surface area contributed by atoms with Crippen LogP contribution in [0.25, 0.3) is 10.7 Å². The zero-order chi connectivity index (χ0) is 18.5. The van der Waals surface area contributed by atoms with Crippen molar-refractivity contribution < 1.29 is 28.3 Å². The monoisotopic (exact) mass is 376 g/mol. The van der Waals surface area contributed by atoms with E-state index in [0.29, 0.717) is 23.1 Å². The minimum atomic E-state index is -0.612. The van der Waals surface area contributed by atoms with Gasteiger partial charge < -0.3 is 23.5 Å². The molecule has 2 heterocycles. The molecule has 0 atom stereocenters. The lowest BCUT2D eigenvalue weighted by Crippen LogP contribution is -2.08. The molecule has 0 spiro atoms. The number of methoxy groups -OCH3 is 3. The highest BCUT2D eigenvalue weighted by molar-refractivity contribution is 7.13. The molecule has 0 fully saturated rings. The number of esters is 1. The summed E-state index contributed by atoms with van der Waals surface area (Å²) in [6.45, 7) is -0.158. The van der Waals surface area contributed by atoms with E-state index in [0.717, 1.165) is 4.88 Å². The highest BCUT2D eigenvalue weighted by Gasteiger charge is 2.20. The van der Waals surface area contributed by atoms with Gasteiger partial charge in [-0.1, -0.05) is 11.2 Å². The van der Waals surface area contributed by atoms with Gasteiger partial charge in [0.05, 0.1) is 26.2 Å². The number of carbonyl (C=O) groups excluding carboxylic acids is 1. The molecule has 9 heteroatoms. The lowest BCUT2D eigenvalue weighted by molar-refractivity contribution is 0.0425. The van der Waals surface area contributed by atoms with Gasteiger partial charge in [-0.3, -0.25) is 0 Å². The number of hydrogen-bond acceptors (Lipinski definition) is 9. The summed E-state index contributed by atoms with van der Waals surface area (Å²) >= 11 is 1.49. The van der Waals surface area contributed by atoms with E-state index in [1.54, 1.807) is 6.07 Å². The number of rotatable bonds is 7. The van der Waals surface area contributed by atoms with Gasteiger partial charge in [-0.15, -0.1) is 11.3 Å². The van der Waals surface area contributed by atoms with Crippen LogP contribution in [-0.2, 0) is 11.3 Å². The van der Waals surface area contributed by atoms with Crippen molar-refractivity contribution in [2.45, 2.75) is 6.61 Å². The van der Waals surface area contributed by atoms with Crippen LogP contribution in [0.2, 0.25) is 0 Å². The fourth-order valence-corrected chi connectivity index (χ4v) is 2.86. The highest BCUT2D eigenvalue weighted by atomic mass is 32.1. The van der Waals surface area contributed by atoms with Crippen molar-refractivity contribution in [3.05, 3.63) is 41.1 Å². The molecular formula is C17H16N2O6S. The van der Waals surface area contributed by atoms with Gasteiger partial charge in [-0.2, -0.15) is 4.98 Å². The average Bonchev–Trinajstić information content (AvgIpc) is 3.36. The second-order valence-corrected chi connectivity index (χ2v) is 5.92. The van der Waals surface area contributed by atoms with Gasteiger partial charge in [-0.25, -0.2) is 4.79 Å². The smallest absolute Gasteiger partial charge is 0.342 e. The molecule has 0 aliphatic heterocycles. The topological polar surface area (TPSA) is 92.9 Å². The van der Waals surface area contributed by atoms with E-state index in [4.69, 9.17) is 23.5 Å². The van der Waals surface area contributed by atoms with Crippen molar-refractivity contribution in [1.29, 1.82) is 0 Å². The number of thiophene rings is 1. The van der Waals surface area contributed by atoms with Gasteiger partial charge in [-0.05, 0) is 11.4 Å². The molecule has 3 aromatic rings. The third-order valence-electron chi connectivity index (χ3n) is 3.46. The fourth-order valence-electron chi connectivity index (χ4n) is 2.21. The maximum absolute atomic E-state index is 12.4. The zero-order valence-electron chi connectivity index (χ0n) is 14.3. The first-order chi connectivity index (χ1) is 12.7. The quantitative estimate of drug-likeness (QED) is 0.581. The first kappa shape index (κ1) is 17.7. The molecule has 0 saturated carbocycles. The van der Waals surface area contributed by atoms with Gasteiger partial charge in [0.25, 0.3) is 5.89 Å². The van der Waals surface area contributed by atoms with Gasteiger partial charge >= 0.3 is 5.97 Å². The summed E-state index contributed by atoms with van der Waals surface area (Å²) in [5.74, 6) is 1.17. The summed E-state index contributed by atoms with van der Waals surface area (Å²) in [6, 6.07) is 6.81. The Labute approximate surface area is 153 Å². The fraction of sp³-hybridized carbons (Fsp3) is 0.235. The second kappa shape index (κ2) is 7.87.